The fourth-order valence-corrected chi connectivity index (χ4v) is 3.51. The van der Waals surface area contributed by atoms with E-state index in [9.17, 15) is 19.8 Å². The lowest BCUT2D eigenvalue weighted by Gasteiger charge is -2.12. The first kappa shape index (κ1) is 22.3. The SMILES string of the molecule is CC1=NN(c2ccc(Cl)c(Cl)c2)C(=O)C1=NNc1cccc(-c2cccc(C(=O)O)c2)c1O. The number of carboxylic acid groups (broad SMARTS) is 1. The molecule has 1 aliphatic rings. The Morgan fingerprint density at radius 2 is 1.82 bits per heavy atom. The molecule has 1 heterocycles. The smallest absolute Gasteiger partial charge is 0.335 e. The number of nitrogens with one attached hydrogen (secondary N) is 1. The van der Waals surface area contributed by atoms with Crippen molar-refractivity contribution in [3.8, 4) is 16.9 Å². The van der Waals surface area contributed by atoms with Crippen LogP contribution in [-0.2, 0) is 4.79 Å². The normalized spacial score (nSPS) is 14.5. The molecule has 166 valence electrons. The Morgan fingerprint density at radius 3 is 2.55 bits per heavy atom. The molecule has 0 spiro atoms. The standard InChI is InChI=1S/C23H16Cl2N4O4/c1-12-20(22(31)29(28-12)15-8-9-17(24)18(25)11-15)27-26-19-7-3-6-16(21(19)30)13-4-2-5-14(10-13)23(32)33/h2-11,26,30H,1H3,(H,32,33). The zero-order valence-electron chi connectivity index (χ0n) is 17.1. The van der Waals surface area contributed by atoms with Gasteiger partial charge in [-0.05, 0) is 48.9 Å². The Morgan fingerprint density at radius 1 is 1.06 bits per heavy atom. The number of amides is 1. The fraction of sp³-hybridized carbons (Fsp3) is 0.0435. The molecule has 3 aromatic carbocycles. The quantitative estimate of drug-likeness (QED) is 0.339. The Kier molecular flexibility index (Phi) is 6.04. The molecule has 1 aliphatic heterocycles. The third-order valence-electron chi connectivity index (χ3n) is 4.88. The van der Waals surface area contributed by atoms with Gasteiger partial charge in [0.05, 0.1) is 32.7 Å². The molecule has 33 heavy (non-hydrogen) atoms. The van der Waals surface area contributed by atoms with E-state index in [2.05, 4.69) is 15.6 Å². The summed E-state index contributed by atoms with van der Waals surface area (Å²) in [6.45, 7) is 1.63. The van der Waals surface area contributed by atoms with Gasteiger partial charge in [0.2, 0.25) is 0 Å². The molecule has 10 heteroatoms. The number of rotatable bonds is 5. The molecule has 8 nitrogen and oxygen atoms in total. The number of carboxylic acids is 1. The van der Waals surface area contributed by atoms with Gasteiger partial charge in [-0.3, -0.25) is 10.2 Å². The highest BCUT2D eigenvalue weighted by Crippen LogP contribution is 2.36. The molecule has 0 unspecified atom stereocenters. The van der Waals surface area contributed by atoms with Crippen LogP contribution in [0.4, 0.5) is 11.4 Å². The summed E-state index contributed by atoms with van der Waals surface area (Å²) in [4.78, 5) is 24.1. The number of phenols is 1. The number of halogens is 2. The highest BCUT2D eigenvalue weighted by molar-refractivity contribution is 6.71. The van der Waals surface area contributed by atoms with E-state index >= 15 is 0 Å². The van der Waals surface area contributed by atoms with Crippen molar-refractivity contribution in [2.75, 3.05) is 10.4 Å². The molecule has 0 saturated carbocycles. The second-order valence-electron chi connectivity index (χ2n) is 7.06. The monoisotopic (exact) mass is 482 g/mol. The Balaban J connectivity index is 1.61. The first-order chi connectivity index (χ1) is 15.8. The number of aromatic hydroxyl groups is 1. The van der Waals surface area contributed by atoms with Crippen molar-refractivity contribution in [1.82, 2.24) is 0 Å². The van der Waals surface area contributed by atoms with Gasteiger partial charge < -0.3 is 10.2 Å². The molecule has 0 bridgehead atoms. The number of carbonyl (C=O) groups excluding carboxylic acids is 1. The average Bonchev–Trinajstić information content (AvgIpc) is 3.08. The lowest BCUT2D eigenvalue weighted by atomic mass is 10.0. The van der Waals surface area contributed by atoms with Crippen LogP contribution in [0.1, 0.15) is 17.3 Å². The number of hydrazone groups is 2. The second kappa shape index (κ2) is 8.93. The molecule has 1 amide bonds. The fourth-order valence-electron chi connectivity index (χ4n) is 3.22. The van der Waals surface area contributed by atoms with Gasteiger partial charge in [-0.1, -0.05) is 47.5 Å². The molecule has 0 saturated heterocycles. The second-order valence-corrected chi connectivity index (χ2v) is 7.88. The summed E-state index contributed by atoms with van der Waals surface area (Å²) in [7, 11) is 0. The average molecular weight is 483 g/mol. The molecule has 0 radical (unpaired) electrons. The van der Waals surface area contributed by atoms with Crippen molar-refractivity contribution >= 4 is 57.9 Å². The third-order valence-corrected chi connectivity index (χ3v) is 5.62. The number of aromatic carboxylic acids is 1. The number of hydrogen-bond donors (Lipinski definition) is 3. The summed E-state index contributed by atoms with van der Waals surface area (Å²) in [5.41, 5.74) is 4.80. The maximum absolute atomic E-state index is 12.9. The van der Waals surface area contributed by atoms with Crippen LogP contribution < -0.4 is 10.4 Å². The molecule has 0 fully saturated rings. The van der Waals surface area contributed by atoms with Crippen LogP contribution in [0, 0.1) is 0 Å². The van der Waals surface area contributed by atoms with Crippen molar-refractivity contribution in [3.05, 3.63) is 76.3 Å². The van der Waals surface area contributed by atoms with E-state index in [0.29, 0.717) is 27.5 Å². The molecule has 0 atom stereocenters. The summed E-state index contributed by atoms with van der Waals surface area (Å²) in [5, 5.41) is 30.1. The summed E-state index contributed by atoms with van der Waals surface area (Å²) >= 11 is 12.0. The lowest BCUT2D eigenvalue weighted by molar-refractivity contribution is -0.112. The summed E-state index contributed by atoms with van der Waals surface area (Å²) in [5.74, 6) is -1.70. The van der Waals surface area contributed by atoms with E-state index in [1.54, 1.807) is 49.4 Å². The van der Waals surface area contributed by atoms with Gasteiger partial charge in [-0.25, -0.2) is 4.79 Å². The van der Waals surface area contributed by atoms with Gasteiger partial charge in [0.1, 0.15) is 5.75 Å². The van der Waals surface area contributed by atoms with Crippen LogP contribution >= 0.6 is 23.2 Å². The number of carbonyl (C=O) groups is 2. The van der Waals surface area contributed by atoms with Crippen LogP contribution in [0.25, 0.3) is 11.1 Å². The minimum Gasteiger partial charge on any atom is -0.505 e. The molecule has 3 aromatic rings. The molecule has 0 aliphatic carbocycles. The number of benzene rings is 3. The van der Waals surface area contributed by atoms with Crippen LogP contribution in [0.3, 0.4) is 0 Å². The van der Waals surface area contributed by atoms with Crippen LogP contribution in [-0.4, -0.2) is 33.5 Å². The molecular formula is C23H16Cl2N4O4. The third kappa shape index (κ3) is 4.39. The van der Waals surface area contributed by atoms with Crippen LogP contribution in [0.15, 0.2) is 70.9 Å². The Bertz CT molecular complexity index is 1350. The molecule has 4 rings (SSSR count). The van der Waals surface area contributed by atoms with Crippen LogP contribution in [0.5, 0.6) is 5.75 Å². The molecule has 0 aromatic heterocycles. The zero-order chi connectivity index (χ0) is 23.7. The summed E-state index contributed by atoms with van der Waals surface area (Å²) < 4.78 is 0. The summed E-state index contributed by atoms with van der Waals surface area (Å²) in [6.07, 6.45) is 0. The first-order valence-corrected chi connectivity index (χ1v) is 10.4. The van der Waals surface area contributed by atoms with E-state index in [0.717, 1.165) is 5.01 Å². The Hall–Kier alpha value is -3.88. The zero-order valence-corrected chi connectivity index (χ0v) is 18.6. The van der Waals surface area contributed by atoms with Crippen molar-refractivity contribution in [2.24, 2.45) is 10.2 Å². The largest absolute Gasteiger partial charge is 0.505 e. The van der Waals surface area contributed by atoms with Crippen molar-refractivity contribution in [3.63, 3.8) is 0 Å². The molecular weight excluding hydrogens is 467 g/mol. The van der Waals surface area contributed by atoms with Crippen molar-refractivity contribution < 1.29 is 19.8 Å². The van der Waals surface area contributed by atoms with E-state index in [4.69, 9.17) is 23.2 Å². The van der Waals surface area contributed by atoms with Crippen LogP contribution in [0.2, 0.25) is 10.0 Å². The van der Waals surface area contributed by atoms with Gasteiger partial charge in [0, 0.05) is 5.56 Å². The lowest BCUT2D eigenvalue weighted by Crippen LogP contribution is -2.27. The van der Waals surface area contributed by atoms with E-state index in [1.807, 2.05) is 0 Å². The summed E-state index contributed by atoms with van der Waals surface area (Å²) in [6, 6.07) is 15.8. The molecule has 3 N–H and O–H groups in total. The maximum Gasteiger partial charge on any atom is 0.335 e. The topological polar surface area (TPSA) is 115 Å². The van der Waals surface area contributed by atoms with E-state index < -0.39 is 11.9 Å². The van der Waals surface area contributed by atoms with E-state index in [-0.39, 0.29) is 27.7 Å². The van der Waals surface area contributed by atoms with Gasteiger partial charge in [0.25, 0.3) is 0 Å². The van der Waals surface area contributed by atoms with Gasteiger partial charge in [0.15, 0.2) is 5.71 Å². The number of para-hydroxylation sites is 1. The minimum atomic E-state index is -1.07. The van der Waals surface area contributed by atoms with Crippen molar-refractivity contribution in [2.45, 2.75) is 6.92 Å². The number of anilines is 2. The number of hydrogen-bond acceptors (Lipinski definition) is 6. The predicted octanol–water partition coefficient (Wildman–Crippen LogP) is 5.25. The Labute approximate surface area is 198 Å². The predicted molar refractivity (Wildman–Crippen MR) is 129 cm³/mol. The minimum absolute atomic E-state index is 0.0544. The van der Waals surface area contributed by atoms with Gasteiger partial charge in [-0.15, -0.1) is 0 Å². The number of nitrogens with zero attached hydrogens (tertiary/aromatic N) is 3. The van der Waals surface area contributed by atoms with Gasteiger partial charge in [-0.2, -0.15) is 15.2 Å². The van der Waals surface area contributed by atoms with E-state index in [1.165, 1.54) is 18.2 Å². The highest BCUT2D eigenvalue weighted by Gasteiger charge is 2.31. The van der Waals surface area contributed by atoms with Crippen molar-refractivity contribution in [1.29, 1.82) is 0 Å². The highest BCUT2D eigenvalue weighted by atomic mass is 35.5. The van der Waals surface area contributed by atoms with Gasteiger partial charge >= 0.3 is 11.9 Å². The number of phenolic OH excluding ortho intramolecular Hbond substituents is 1. The first-order valence-electron chi connectivity index (χ1n) is 9.60. The maximum atomic E-state index is 12.9.